The third kappa shape index (κ3) is 11.6. The van der Waals surface area contributed by atoms with Gasteiger partial charge in [0.25, 0.3) is 0 Å². The Kier molecular flexibility index (Phi) is 11.6. The van der Waals surface area contributed by atoms with Crippen molar-refractivity contribution in [2.75, 3.05) is 19.6 Å². The molecule has 0 amide bonds. The zero-order chi connectivity index (χ0) is 16.4. The van der Waals surface area contributed by atoms with Gasteiger partial charge in [0.15, 0.2) is 5.96 Å². The molecule has 0 aliphatic carbocycles. The van der Waals surface area contributed by atoms with E-state index in [9.17, 15) is 4.79 Å². The zero-order valence-corrected chi connectivity index (χ0v) is 17.3. The smallest absolute Gasteiger partial charge is 0.306 e. The number of unbranched alkanes of at least 4 members (excludes halogenated alkanes) is 2. The largest absolute Gasteiger partial charge is 0.460 e. The molecule has 1 aliphatic rings. The van der Waals surface area contributed by atoms with E-state index in [1.54, 1.807) is 0 Å². The minimum Gasteiger partial charge on any atom is -0.460 e. The number of guanidine groups is 1. The fraction of sp³-hybridized carbons (Fsp3) is 0.882. The molecule has 0 aromatic heterocycles. The molecule has 23 heavy (non-hydrogen) atoms. The second-order valence-corrected chi connectivity index (χ2v) is 7.04. The number of halogens is 1. The van der Waals surface area contributed by atoms with Crippen molar-refractivity contribution < 1.29 is 9.53 Å². The molecule has 1 aliphatic heterocycles. The Labute approximate surface area is 158 Å². The number of nitrogens with zero attached hydrogens (tertiary/aromatic N) is 2. The van der Waals surface area contributed by atoms with E-state index in [4.69, 9.17) is 10.5 Å². The summed E-state index contributed by atoms with van der Waals surface area (Å²) in [5.74, 6) is 0.578. The van der Waals surface area contributed by atoms with Crippen LogP contribution in [-0.4, -0.2) is 42.1 Å². The molecular formula is C17H34IN3O2. The Bertz CT molecular complexity index is 359. The highest BCUT2D eigenvalue weighted by molar-refractivity contribution is 14.0. The number of rotatable bonds is 6. The lowest BCUT2D eigenvalue weighted by Crippen LogP contribution is -2.38. The molecule has 0 aromatic rings. The molecule has 1 fully saturated rings. The van der Waals surface area contributed by atoms with Gasteiger partial charge in [0, 0.05) is 26.1 Å². The van der Waals surface area contributed by atoms with Crippen molar-refractivity contribution in [3.05, 3.63) is 0 Å². The summed E-state index contributed by atoms with van der Waals surface area (Å²) in [6.45, 7) is 8.50. The maximum atomic E-state index is 11.6. The van der Waals surface area contributed by atoms with Crippen LogP contribution in [0, 0.1) is 0 Å². The summed E-state index contributed by atoms with van der Waals surface area (Å²) in [5.41, 5.74) is 5.67. The molecule has 0 unspecified atom stereocenters. The predicted molar refractivity (Wildman–Crippen MR) is 106 cm³/mol. The quantitative estimate of drug-likeness (QED) is 0.225. The highest BCUT2D eigenvalue weighted by Gasteiger charge is 2.15. The third-order valence-electron chi connectivity index (χ3n) is 3.66. The average Bonchev–Trinajstić information content (AvgIpc) is 2.69. The van der Waals surface area contributed by atoms with Crippen LogP contribution in [0.5, 0.6) is 0 Å². The number of aliphatic imine (C=N–C) groups is 1. The maximum absolute atomic E-state index is 11.6. The van der Waals surface area contributed by atoms with E-state index >= 15 is 0 Å². The van der Waals surface area contributed by atoms with E-state index in [-0.39, 0.29) is 35.5 Å². The van der Waals surface area contributed by atoms with Gasteiger partial charge in [-0.2, -0.15) is 0 Å². The number of nitrogens with two attached hydrogens (primary N) is 1. The summed E-state index contributed by atoms with van der Waals surface area (Å²) >= 11 is 0. The molecule has 1 heterocycles. The molecule has 0 aromatic carbocycles. The van der Waals surface area contributed by atoms with Gasteiger partial charge in [-0.3, -0.25) is 9.79 Å². The zero-order valence-electron chi connectivity index (χ0n) is 15.0. The molecule has 6 heteroatoms. The Morgan fingerprint density at radius 1 is 1.09 bits per heavy atom. The Hall–Kier alpha value is -0.530. The van der Waals surface area contributed by atoms with Crippen molar-refractivity contribution in [2.24, 2.45) is 10.7 Å². The first-order chi connectivity index (χ1) is 10.4. The maximum Gasteiger partial charge on any atom is 0.306 e. The van der Waals surface area contributed by atoms with Crippen LogP contribution >= 0.6 is 24.0 Å². The lowest BCUT2D eigenvalue weighted by molar-refractivity contribution is -0.154. The van der Waals surface area contributed by atoms with Crippen LogP contribution in [0.4, 0.5) is 0 Å². The summed E-state index contributed by atoms with van der Waals surface area (Å²) < 4.78 is 5.28. The summed E-state index contributed by atoms with van der Waals surface area (Å²) in [7, 11) is 0. The van der Waals surface area contributed by atoms with E-state index in [2.05, 4.69) is 9.89 Å². The lowest BCUT2D eigenvalue weighted by atomic mass is 10.1. The molecule has 0 bridgehead atoms. The number of hydrogen-bond acceptors (Lipinski definition) is 3. The van der Waals surface area contributed by atoms with E-state index < -0.39 is 0 Å². The van der Waals surface area contributed by atoms with Crippen molar-refractivity contribution in [1.82, 2.24) is 4.90 Å². The molecule has 0 radical (unpaired) electrons. The van der Waals surface area contributed by atoms with Crippen LogP contribution in [0.15, 0.2) is 4.99 Å². The van der Waals surface area contributed by atoms with E-state index in [0.29, 0.717) is 12.4 Å². The van der Waals surface area contributed by atoms with Gasteiger partial charge >= 0.3 is 5.97 Å². The van der Waals surface area contributed by atoms with Crippen LogP contribution in [0.1, 0.15) is 72.1 Å². The van der Waals surface area contributed by atoms with Gasteiger partial charge in [-0.1, -0.05) is 19.3 Å². The number of esters is 1. The number of likely N-dealkylation sites (tertiary alicyclic amines) is 1. The van der Waals surface area contributed by atoms with Crippen molar-refractivity contribution in [1.29, 1.82) is 0 Å². The van der Waals surface area contributed by atoms with Crippen molar-refractivity contribution >= 4 is 35.9 Å². The number of hydrogen-bond donors (Lipinski definition) is 1. The van der Waals surface area contributed by atoms with Gasteiger partial charge in [-0.05, 0) is 46.5 Å². The molecule has 2 N–H and O–H groups in total. The van der Waals surface area contributed by atoms with Gasteiger partial charge in [0.1, 0.15) is 5.60 Å². The van der Waals surface area contributed by atoms with Crippen molar-refractivity contribution in [2.45, 2.75) is 77.7 Å². The Morgan fingerprint density at radius 3 is 2.26 bits per heavy atom. The molecule has 1 rings (SSSR count). The Balaban J connectivity index is 0.00000484. The molecule has 1 saturated heterocycles. The van der Waals surface area contributed by atoms with Crippen LogP contribution in [0.2, 0.25) is 0 Å². The number of carbonyl (C=O) groups is 1. The first-order valence-corrected chi connectivity index (χ1v) is 8.65. The van der Waals surface area contributed by atoms with E-state index in [1.165, 1.54) is 25.7 Å². The summed E-state index contributed by atoms with van der Waals surface area (Å²) in [4.78, 5) is 18.2. The molecular weight excluding hydrogens is 405 g/mol. The van der Waals surface area contributed by atoms with Crippen LogP contribution in [0.25, 0.3) is 0 Å². The standard InChI is InChI=1S/C17H33N3O2.HI/c1-17(2,3)22-15(21)11-7-6-8-12-19-16(18)20-13-9-4-5-10-14-20;/h4-14H2,1-3H3,(H2,18,19);1H. The van der Waals surface area contributed by atoms with Crippen molar-refractivity contribution in [3.63, 3.8) is 0 Å². The fourth-order valence-corrected chi connectivity index (χ4v) is 2.54. The minimum absolute atomic E-state index is 0. The van der Waals surface area contributed by atoms with E-state index in [1.807, 2.05) is 20.8 Å². The molecule has 0 atom stereocenters. The highest BCUT2D eigenvalue weighted by atomic mass is 127. The molecule has 136 valence electrons. The topological polar surface area (TPSA) is 67.9 Å². The molecule has 0 saturated carbocycles. The van der Waals surface area contributed by atoms with Gasteiger partial charge < -0.3 is 15.4 Å². The lowest BCUT2D eigenvalue weighted by Gasteiger charge is -2.21. The minimum atomic E-state index is -0.386. The SMILES string of the molecule is CC(C)(C)OC(=O)CCCCCN=C(N)N1CCCCCC1.I. The first-order valence-electron chi connectivity index (χ1n) is 8.65. The average molecular weight is 439 g/mol. The summed E-state index contributed by atoms with van der Waals surface area (Å²) in [6, 6.07) is 0. The van der Waals surface area contributed by atoms with Crippen LogP contribution in [-0.2, 0) is 9.53 Å². The van der Waals surface area contributed by atoms with Gasteiger partial charge in [-0.25, -0.2) is 0 Å². The second kappa shape index (κ2) is 11.9. The monoisotopic (exact) mass is 439 g/mol. The van der Waals surface area contributed by atoms with Gasteiger partial charge in [0.2, 0.25) is 0 Å². The van der Waals surface area contributed by atoms with Gasteiger partial charge in [0.05, 0.1) is 0 Å². The first kappa shape index (κ1) is 22.5. The summed E-state index contributed by atoms with van der Waals surface area (Å²) in [6.07, 6.45) is 8.32. The molecule has 0 spiro atoms. The Morgan fingerprint density at radius 2 is 1.70 bits per heavy atom. The highest BCUT2D eigenvalue weighted by Crippen LogP contribution is 2.11. The third-order valence-corrected chi connectivity index (χ3v) is 3.66. The fourth-order valence-electron chi connectivity index (χ4n) is 2.54. The normalized spacial score (nSPS) is 16.5. The summed E-state index contributed by atoms with van der Waals surface area (Å²) in [5, 5.41) is 0. The van der Waals surface area contributed by atoms with Gasteiger partial charge in [-0.15, -0.1) is 24.0 Å². The van der Waals surface area contributed by atoms with Crippen molar-refractivity contribution in [3.8, 4) is 0 Å². The van der Waals surface area contributed by atoms with E-state index in [0.717, 1.165) is 38.9 Å². The number of carbonyl (C=O) groups excluding carboxylic acids is 1. The second-order valence-electron chi connectivity index (χ2n) is 7.04. The predicted octanol–water partition coefficient (Wildman–Crippen LogP) is 3.70. The molecule has 5 nitrogen and oxygen atoms in total. The number of ether oxygens (including phenoxy) is 1. The van der Waals surface area contributed by atoms with Crippen LogP contribution < -0.4 is 5.73 Å². The van der Waals surface area contributed by atoms with Crippen LogP contribution in [0.3, 0.4) is 0 Å².